The van der Waals surface area contributed by atoms with Gasteiger partial charge in [-0.1, -0.05) is 0 Å². The zero-order chi connectivity index (χ0) is 12.6. The maximum atomic E-state index is 13.4. The van der Waals surface area contributed by atoms with Crippen LogP contribution in [0.4, 0.5) is 10.1 Å². The average Bonchev–Trinajstić information content (AvgIpc) is 2.65. The molecule has 0 aliphatic rings. The molecule has 0 fully saturated rings. The minimum Gasteiger partial charge on any atom is -0.479 e. The van der Waals surface area contributed by atoms with Gasteiger partial charge in [-0.2, -0.15) is 4.98 Å². The highest BCUT2D eigenvalue weighted by molar-refractivity contribution is 7.21. The van der Waals surface area contributed by atoms with Crippen LogP contribution in [0.1, 0.15) is 9.67 Å². The summed E-state index contributed by atoms with van der Waals surface area (Å²) >= 11 is 1.04. The predicted molar refractivity (Wildman–Crippen MR) is 61.9 cm³/mol. The number of anilines is 1. The van der Waals surface area contributed by atoms with E-state index in [4.69, 9.17) is 10.5 Å². The lowest BCUT2D eigenvalue weighted by Crippen LogP contribution is -2.01. The van der Waals surface area contributed by atoms with Gasteiger partial charge in [0.1, 0.15) is 9.71 Å². The Hall–Kier alpha value is -1.89. The smallest absolute Gasteiger partial charge is 0.350 e. The van der Waals surface area contributed by atoms with Crippen molar-refractivity contribution in [2.75, 3.05) is 20.0 Å². The molecule has 90 valence electrons. The number of carbonyl (C=O) groups is 1. The summed E-state index contributed by atoms with van der Waals surface area (Å²) < 4.78 is 22.8. The number of thiophene rings is 1. The molecule has 0 bridgehead atoms. The predicted octanol–water partition coefficient (Wildman–Crippen LogP) is 1.81. The second-order valence-corrected chi connectivity index (χ2v) is 4.17. The van der Waals surface area contributed by atoms with Crippen molar-refractivity contribution >= 4 is 33.2 Å². The van der Waals surface area contributed by atoms with Crippen molar-refractivity contribution in [1.29, 1.82) is 0 Å². The van der Waals surface area contributed by atoms with Crippen LogP contribution in [0.5, 0.6) is 5.88 Å². The van der Waals surface area contributed by atoms with Crippen LogP contribution in [0.3, 0.4) is 0 Å². The number of methoxy groups -OCH3 is 2. The van der Waals surface area contributed by atoms with Crippen LogP contribution >= 0.6 is 11.3 Å². The van der Waals surface area contributed by atoms with E-state index in [1.165, 1.54) is 20.3 Å². The normalized spacial score (nSPS) is 10.5. The van der Waals surface area contributed by atoms with Gasteiger partial charge in [0.05, 0.1) is 19.9 Å². The van der Waals surface area contributed by atoms with Gasteiger partial charge in [0.2, 0.25) is 0 Å². The number of rotatable bonds is 2. The van der Waals surface area contributed by atoms with Crippen LogP contribution in [0.2, 0.25) is 0 Å². The molecule has 0 aliphatic heterocycles. The SMILES string of the molecule is COC(=O)c1sc2nc(OC)c(F)cc2c1N. The molecule has 2 rings (SSSR count). The molecule has 5 nitrogen and oxygen atoms in total. The van der Waals surface area contributed by atoms with Crippen LogP contribution in [-0.4, -0.2) is 25.2 Å². The third kappa shape index (κ3) is 1.78. The summed E-state index contributed by atoms with van der Waals surface area (Å²) in [6.07, 6.45) is 0. The number of pyridine rings is 1. The van der Waals surface area contributed by atoms with Gasteiger partial charge < -0.3 is 15.2 Å². The van der Waals surface area contributed by atoms with Crippen molar-refractivity contribution in [2.45, 2.75) is 0 Å². The second kappa shape index (κ2) is 4.17. The van der Waals surface area contributed by atoms with E-state index in [0.29, 0.717) is 10.2 Å². The fraction of sp³-hybridized carbons (Fsp3) is 0.200. The standard InChI is InChI=1S/C10H9FN2O3S/c1-15-8-5(11)3-4-6(12)7(10(14)16-2)17-9(4)13-8/h3H,12H2,1-2H3. The Bertz CT molecular complexity index is 597. The number of nitrogens with two attached hydrogens (primary N) is 1. The van der Waals surface area contributed by atoms with Crippen LogP contribution in [0.15, 0.2) is 6.07 Å². The van der Waals surface area contributed by atoms with E-state index >= 15 is 0 Å². The molecular weight excluding hydrogens is 247 g/mol. The monoisotopic (exact) mass is 256 g/mol. The molecule has 0 amide bonds. The number of hydrogen-bond donors (Lipinski definition) is 1. The fourth-order valence-electron chi connectivity index (χ4n) is 1.39. The third-order valence-electron chi connectivity index (χ3n) is 2.21. The van der Waals surface area contributed by atoms with Gasteiger partial charge in [-0.25, -0.2) is 9.18 Å². The molecule has 0 aliphatic carbocycles. The number of fused-ring (bicyclic) bond motifs is 1. The zero-order valence-electron chi connectivity index (χ0n) is 9.11. The quantitative estimate of drug-likeness (QED) is 0.829. The molecule has 0 atom stereocenters. The molecule has 0 aromatic carbocycles. The van der Waals surface area contributed by atoms with Crippen molar-refractivity contribution in [3.8, 4) is 5.88 Å². The van der Waals surface area contributed by atoms with E-state index < -0.39 is 11.8 Å². The molecule has 2 aromatic heterocycles. The lowest BCUT2D eigenvalue weighted by atomic mass is 10.2. The Morgan fingerprint density at radius 3 is 2.82 bits per heavy atom. The van der Waals surface area contributed by atoms with Gasteiger partial charge in [0.25, 0.3) is 5.88 Å². The summed E-state index contributed by atoms with van der Waals surface area (Å²) in [6, 6.07) is 1.19. The first-order valence-electron chi connectivity index (χ1n) is 4.59. The zero-order valence-corrected chi connectivity index (χ0v) is 9.93. The first-order valence-corrected chi connectivity index (χ1v) is 5.41. The number of nitrogens with zero attached hydrogens (tertiary/aromatic N) is 1. The number of halogens is 1. The van der Waals surface area contributed by atoms with Crippen molar-refractivity contribution < 1.29 is 18.7 Å². The lowest BCUT2D eigenvalue weighted by molar-refractivity contribution is 0.0607. The molecule has 0 saturated carbocycles. The molecule has 0 spiro atoms. The number of aromatic nitrogens is 1. The maximum Gasteiger partial charge on any atom is 0.350 e. The number of carbonyl (C=O) groups excluding carboxylic acids is 1. The average molecular weight is 256 g/mol. The Morgan fingerprint density at radius 2 is 2.24 bits per heavy atom. The number of nitrogen functional groups attached to an aromatic ring is 1. The molecule has 7 heteroatoms. The Balaban J connectivity index is 2.69. The highest BCUT2D eigenvalue weighted by Gasteiger charge is 2.19. The molecule has 0 radical (unpaired) electrons. The minimum absolute atomic E-state index is 0.129. The Morgan fingerprint density at radius 1 is 1.53 bits per heavy atom. The van der Waals surface area contributed by atoms with Gasteiger partial charge in [-0.15, -0.1) is 11.3 Å². The van der Waals surface area contributed by atoms with Crippen LogP contribution in [0, 0.1) is 5.82 Å². The molecule has 2 heterocycles. The largest absolute Gasteiger partial charge is 0.479 e. The first kappa shape index (κ1) is 11.6. The van der Waals surface area contributed by atoms with E-state index in [1.54, 1.807) is 0 Å². The highest BCUT2D eigenvalue weighted by Crippen LogP contribution is 2.35. The van der Waals surface area contributed by atoms with E-state index in [-0.39, 0.29) is 16.4 Å². The number of ether oxygens (including phenoxy) is 2. The fourth-order valence-corrected chi connectivity index (χ4v) is 2.38. The molecule has 2 aromatic rings. The van der Waals surface area contributed by atoms with E-state index in [0.717, 1.165) is 11.3 Å². The Labute approximate surface area is 100.0 Å². The van der Waals surface area contributed by atoms with Gasteiger partial charge in [0.15, 0.2) is 5.82 Å². The second-order valence-electron chi connectivity index (χ2n) is 3.17. The first-order chi connectivity index (χ1) is 8.08. The number of hydrogen-bond acceptors (Lipinski definition) is 6. The van der Waals surface area contributed by atoms with E-state index in [1.807, 2.05) is 0 Å². The lowest BCUT2D eigenvalue weighted by Gasteiger charge is -1.99. The van der Waals surface area contributed by atoms with Crippen molar-refractivity contribution in [2.24, 2.45) is 0 Å². The topological polar surface area (TPSA) is 74.4 Å². The maximum absolute atomic E-state index is 13.4. The summed E-state index contributed by atoms with van der Waals surface area (Å²) in [6.45, 7) is 0. The molecule has 2 N–H and O–H groups in total. The molecule has 17 heavy (non-hydrogen) atoms. The number of esters is 1. The molecule has 0 unspecified atom stereocenters. The van der Waals surface area contributed by atoms with Crippen molar-refractivity contribution in [3.63, 3.8) is 0 Å². The van der Waals surface area contributed by atoms with Crippen LogP contribution in [-0.2, 0) is 4.74 Å². The Kier molecular flexibility index (Phi) is 2.84. The molecule has 0 saturated heterocycles. The van der Waals surface area contributed by atoms with Crippen LogP contribution < -0.4 is 10.5 Å². The van der Waals surface area contributed by atoms with Gasteiger partial charge in [-0.05, 0) is 6.07 Å². The summed E-state index contributed by atoms with van der Waals surface area (Å²) in [5, 5.41) is 0.383. The third-order valence-corrected chi connectivity index (χ3v) is 3.30. The van der Waals surface area contributed by atoms with Crippen LogP contribution in [0.25, 0.3) is 10.2 Å². The van der Waals surface area contributed by atoms with E-state index in [2.05, 4.69) is 9.72 Å². The van der Waals surface area contributed by atoms with Crippen molar-refractivity contribution in [3.05, 3.63) is 16.8 Å². The minimum atomic E-state index is -0.624. The summed E-state index contributed by atoms with van der Waals surface area (Å²) in [7, 11) is 2.57. The van der Waals surface area contributed by atoms with Crippen molar-refractivity contribution in [1.82, 2.24) is 4.98 Å². The summed E-state index contributed by atoms with van der Waals surface area (Å²) in [5.41, 5.74) is 5.91. The summed E-state index contributed by atoms with van der Waals surface area (Å²) in [5.74, 6) is -1.32. The van der Waals surface area contributed by atoms with Gasteiger partial charge in [0, 0.05) is 5.39 Å². The highest BCUT2D eigenvalue weighted by atomic mass is 32.1. The van der Waals surface area contributed by atoms with E-state index in [9.17, 15) is 9.18 Å². The van der Waals surface area contributed by atoms with Gasteiger partial charge >= 0.3 is 5.97 Å². The summed E-state index contributed by atoms with van der Waals surface area (Å²) in [4.78, 5) is 16.0. The molecular formula is C10H9FN2O3S. The van der Waals surface area contributed by atoms with Gasteiger partial charge in [-0.3, -0.25) is 0 Å².